The lowest BCUT2D eigenvalue weighted by Gasteiger charge is -2.13. The largest absolute Gasteiger partial charge is 0.329 e. The third-order valence-electron chi connectivity index (χ3n) is 2.06. The molecule has 1 saturated heterocycles. The van der Waals surface area contributed by atoms with Crippen molar-refractivity contribution in [2.75, 3.05) is 11.4 Å². The Bertz CT molecular complexity index is 474. The molecule has 1 aromatic carbocycles. The van der Waals surface area contributed by atoms with E-state index in [2.05, 4.69) is 5.32 Å². The second-order valence-corrected chi connectivity index (χ2v) is 3.11. The highest BCUT2D eigenvalue weighted by Crippen LogP contribution is 2.24. The lowest BCUT2D eigenvalue weighted by molar-refractivity contribution is -0.115. The van der Waals surface area contributed by atoms with E-state index >= 15 is 0 Å². The van der Waals surface area contributed by atoms with Crippen molar-refractivity contribution in [2.45, 2.75) is 0 Å². The van der Waals surface area contributed by atoms with E-state index in [1.807, 2.05) is 0 Å². The summed E-state index contributed by atoms with van der Waals surface area (Å²) in [5.41, 5.74) is -0.725. The fourth-order valence-electron chi connectivity index (χ4n) is 1.37. The molecule has 1 aromatic rings. The first-order valence-electron chi connectivity index (χ1n) is 4.26. The van der Waals surface area contributed by atoms with Crippen LogP contribution >= 0.6 is 0 Å². The van der Waals surface area contributed by atoms with Gasteiger partial charge in [-0.1, -0.05) is 0 Å². The number of imide groups is 1. The molecule has 0 atom stereocenters. The number of nitrogens with zero attached hydrogens (tertiary/aromatic N) is 1. The number of hydrogen-bond donors (Lipinski definition) is 1. The average Bonchev–Trinajstić information content (AvgIpc) is 2.53. The van der Waals surface area contributed by atoms with Gasteiger partial charge in [0.15, 0.2) is 11.6 Å². The first-order chi connectivity index (χ1) is 7.50. The zero-order valence-electron chi connectivity index (χ0n) is 7.76. The second-order valence-electron chi connectivity index (χ2n) is 3.11. The smallest absolute Gasteiger partial charge is 0.328 e. The Balaban J connectivity index is 2.55. The van der Waals surface area contributed by atoms with Crippen molar-refractivity contribution in [1.82, 2.24) is 5.32 Å². The average molecular weight is 230 g/mol. The summed E-state index contributed by atoms with van der Waals surface area (Å²) in [5.74, 6) is -4.73. The van der Waals surface area contributed by atoms with Crippen molar-refractivity contribution in [3.05, 3.63) is 29.6 Å². The number of hydrogen-bond acceptors (Lipinski definition) is 2. The Labute approximate surface area is 87.6 Å². The fraction of sp³-hybridized carbons (Fsp3) is 0.111. The van der Waals surface area contributed by atoms with E-state index in [0.717, 1.165) is 0 Å². The summed E-state index contributed by atoms with van der Waals surface area (Å²) in [5, 5.41) is 2.11. The summed E-state index contributed by atoms with van der Waals surface area (Å²) in [6.07, 6.45) is 0. The lowest BCUT2D eigenvalue weighted by atomic mass is 10.2. The predicted octanol–water partition coefficient (Wildman–Crippen LogP) is 1.16. The third-order valence-corrected chi connectivity index (χ3v) is 2.06. The lowest BCUT2D eigenvalue weighted by Crippen LogP contribution is -2.31. The fourth-order valence-corrected chi connectivity index (χ4v) is 1.37. The van der Waals surface area contributed by atoms with Crippen LogP contribution in [-0.4, -0.2) is 18.5 Å². The van der Waals surface area contributed by atoms with Crippen molar-refractivity contribution in [2.24, 2.45) is 0 Å². The van der Waals surface area contributed by atoms with Crippen LogP contribution in [0.5, 0.6) is 0 Å². The molecule has 1 aliphatic heterocycles. The second kappa shape index (κ2) is 3.51. The van der Waals surface area contributed by atoms with Crippen LogP contribution in [0.15, 0.2) is 12.1 Å². The quantitative estimate of drug-likeness (QED) is 0.581. The van der Waals surface area contributed by atoms with E-state index in [1.54, 1.807) is 0 Å². The van der Waals surface area contributed by atoms with Gasteiger partial charge in [0.25, 0.3) is 5.91 Å². The van der Waals surface area contributed by atoms with Gasteiger partial charge in [0.2, 0.25) is 0 Å². The van der Waals surface area contributed by atoms with Gasteiger partial charge in [-0.05, 0) is 0 Å². The number of amides is 3. The Morgan fingerprint density at radius 1 is 1.19 bits per heavy atom. The highest BCUT2D eigenvalue weighted by atomic mass is 19.2. The maximum Gasteiger partial charge on any atom is 0.329 e. The third kappa shape index (κ3) is 1.50. The molecule has 1 N–H and O–H groups in total. The van der Waals surface area contributed by atoms with Crippen molar-refractivity contribution >= 4 is 17.6 Å². The van der Waals surface area contributed by atoms with Gasteiger partial charge in [-0.2, -0.15) is 0 Å². The normalized spacial score (nSPS) is 15.6. The van der Waals surface area contributed by atoms with Gasteiger partial charge >= 0.3 is 6.03 Å². The van der Waals surface area contributed by atoms with Crippen LogP contribution in [-0.2, 0) is 4.79 Å². The minimum absolute atomic E-state index is 0.323. The van der Waals surface area contributed by atoms with Crippen LogP contribution in [0.1, 0.15) is 0 Å². The van der Waals surface area contributed by atoms with Crippen LogP contribution in [0.3, 0.4) is 0 Å². The first kappa shape index (κ1) is 10.5. The zero-order valence-corrected chi connectivity index (χ0v) is 7.76. The van der Waals surface area contributed by atoms with E-state index in [-0.39, 0.29) is 6.54 Å². The zero-order chi connectivity index (χ0) is 11.9. The number of nitrogens with one attached hydrogen (secondary N) is 1. The molecule has 1 aliphatic rings. The molecular weight excluding hydrogens is 225 g/mol. The van der Waals surface area contributed by atoms with Crippen LogP contribution in [0.4, 0.5) is 23.7 Å². The van der Waals surface area contributed by atoms with Gasteiger partial charge in [0.05, 0.1) is 12.2 Å². The maximum atomic E-state index is 13.3. The molecule has 7 heteroatoms. The number of rotatable bonds is 1. The molecular formula is C9H5F3N2O2. The van der Waals surface area contributed by atoms with Gasteiger partial charge in [-0.15, -0.1) is 0 Å². The molecule has 3 amide bonds. The van der Waals surface area contributed by atoms with Crippen molar-refractivity contribution in [1.29, 1.82) is 0 Å². The molecule has 84 valence electrons. The van der Waals surface area contributed by atoms with Gasteiger partial charge < -0.3 is 5.32 Å². The summed E-state index contributed by atoms with van der Waals surface area (Å²) in [7, 11) is 0. The number of carbonyl (C=O) groups excluding carboxylic acids is 2. The summed E-state index contributed by atoms with van der Waals surface area (Å²) < 4.78 is 39.0. The van der Waals surface area contributed by atoms with Gasteiger partial charge in [0, 0.05) is 12.1 Å². The molecule has 2 rings (SSSR count). The molecule has 1 heterocycles. The van der Waals surface area contributed by atoms with Crippen molar-refractivity contribution in [3.63, 3.8) is 0 Å². The van der Waals surface area contributed by atoms with E-state index in [4.69, 9.17) is 0 Å². The Morgan fingerprint density at radius 2 is 1.88 bits per heavy atom. The molecule has 0 unspecified atom stereocenters. The monoisotopic (exact) mass is 230 g/mol. The summed E-state index contributed by atoms with van der Waals surface area (Å²) in [4.78, 5) is 22.7. The maximum absolute atomic E-state index is 13.3. The number of carbonyl (C=O) groups is 2. The Morgan fingerprint density at radius 3 is 2.44 bits per heavy atom. The van der Waals surface area contributed by atoms with Gasteiger partial charge in [0.1, 0.15) is 5.82 Å². The van der Waals surface area contributed by atoms with E-state index in [1.165, 1.54) is 0 Å². The van der Waals surface area contributed by atoms with E-state index < -0.39 is 35.1 Å². The number of anilines is 1. The van der Waals surface area contributed by atoms with E-state index in [0.29, 0.717) is 17.0 Å². The SMILES string of the molecule is O=C1CNC(=O)N1c1cc(F)cc(F)c1F. The molecule has 4 nitrogen and oxygen atoms in total. The topological polar surface area (TPSA) is 49.4 Å². The minimum Gasteiger partial charge on any atom is -0.328 e. The molecule has 0 saturated carbocycles. The van der Waals surface area contributed by atoms with Crippen molar-refractivity contribution in [3.8, 4) is 0 Å². The van der Waals surface area contributed by atoms with Crippen LogP contribution < -0.4 is 10.2 Å². The first-order valence-corrected chi connectivity index (χ1v) is 4.26. The highest BCUT2D eigenvalue weighted by Gasteiger charge is 2.33. The molecule has 0 aromatic heterocycles. The van der Waals surface area contributed by atoms with Gasteiger partial charge in [-0.25, -0.2) is 22.9 Å². The van der Waals surface area contributed by atoms with Crippen LogP contribution in [0.2, 0.25) is 0 Å². The molecule has 0 bridgehead atoms. The van der Waals surface area contributed by atoms with Crippen LogP contribution in [0.25, 0.3) is 0 Å². The number of benzene rings is 1. The molecule has 0 spiro atoms. The highest BCUT2D eigenvalue weighted by molar-refractivity contribution is 6.19. The summed E-state index contributed by atoms with van der Waals surface area (Å²) in [6, 6.07) is 0.00675. The van der Waals surface area contributed by atoms with Gasteiger partial charge in [-0.3, -0.25) is 4.79 Å². The summed E-state index contributed by atoms with van der Waals surface area (Å²) >= 11 is 0. The number of urea groups is 1. The summed E-state index contributed by atoms with van der Waals surface area (Å²) in [6.45, 7) is -0.323. The Hall–Kier alpha value is -2.05. The van der Waals surface area contributed by atoms with Crippen molar-refractivity contribution < 1.29 is 22.8 Å². The molecule has 1 fully saturated rings. The Kier molecular flexibility index (Phi) is 2.30. The predicted molar refractivity (Wildman–Crippen MR) is 47.2 cm³/mol. The molecule has 16 heavy (non-hydrogen) atoms. The molecule has 0 radical (unpaired) electrons. The standard InChI is InChI=1S/C9H5F3N2O2/c10-4-1-5(11)8(12)6(2-4)14-7(15)3-13-9(14)16/h1-2H,3H2,(H,13,16). The van der Waals surface area contributed by atoms with Crippen LogP contribution in [0, 0.1) is 17.5 Å². The minimum atomic E-state index is -1.46. The number of halogens is 3. The van der Waals surface area contributed by atoms with E-state index in [9.17, 15) is 22.8 Å². The molecule has 0 aliphatic carbocycles.